The summed E-state index contributed by atoms with van der Waals surface area (Å²) in [7, 11) is 0. The maximum Gasteiger partial charge on any atom is 0.255 e. The van der Waals surface area contributed by atoms with Crippen LogP contribution in [0.15, 0.2) is 18.2 Å². The van der Waals surface area contributed by atoms with Gasteiger partial charge in [0, 0.05) is 25.1 Å². The molecule has 3 N–H and O–H groups in total. The number of amides is 4. The Hall–Kier alpha value is -2.78. The normalized spacial score (nSPS) is 26.1. The van der Waals surface area contributed by atoms with E-state index in [4.69, 9.17) is 0 Å². The largest absolute Gasteiger partial charge is 0.337 e. The summed E-state index contributed by atoms with van der Waals surface area (Å²) in [5.41, 5.74) is 2.03. The maximum atomic E-state index is 13.3. The molecule has 1 aromatic rings. The third-order valence-electron chi connectivity index (χ3n) is 6.74. The molecule has 4 heterocycles. The van der Waals surface area contributed by atoms with Crippen LogP contribution in [-0.4, -0.2) is 64.8 Å². The number of fused-ring (bicyclic) bond motifs is 1. The van der Waals surface area contributed by atoms with Gasteiger partial charge in [-0.05, 0) is 43.5 Å². The van der Waals surface area contributed by atoms with Gasteiger partial charge < -0.3 is 15.5 Å². The number of nitrogens with one attached hydrogen (secondary N) is 3. The van der Waals surface area contributed by atoms with Crippen molar-refractivity contribution in [2.45, 2.75) is 50.5 Å². The Morgan fingerprint density at radius 1 is 1.03 bits per heavy atom. The predicted molar refractivity (Wildman–Crippen MR) is 106 cm³/mol. The lowest BCUT2D eigenvalue weighted by molar-refractivity contribution is -0.137. The quantitative estimate of drug-likeness (QED) is 0.576. The number of carbonyl (C=O) groups is 4. The zero-order valence-electron chi connectivity index (χ0n) is 16.7. The van der Waals surface area contributed by atoms with E-state index in [-0.39, 0.29) is 29.8 Å². The van der Waals surface area contributed by atoms with E-state index >= 15 is 0 Å². The number of nitrogens with zero attached hydrogens (tertiary/aromatic N) is 2. The van der Waals surface area contributed by atoms with Gasteiger partial charge in [-0.3, -0.25) is 29.4 Å². The van der Waals surface area contributed by atoms with Crippen LogP contribution in [0.5, 0.6) is 0 Å². The number of rotatable bonds is 3. The van der Waals surface area contributed by atoms with Crippen LogP contribution >= 0.6 is 0 Å². The van der Waals surface area contributed by atoms with Gasteiger partial charge in [-0.2, -0.15) is 0 Å². The molecule has 3 fully saturated rings. The maximum absolute atomic E-state index is 13.3. The molecule has 0 saturated carbocycles. The Bertz CT molecular complexity index is 939. The molecule has 0 aliphatic carbocycles. The molecule has 4 aliphatic heterocycles. The Morgan fingerprint density at radius 3 is 2.60 bits per heavy atom. The first-order chi connectivity index (χ1) is 14.5. The highest BCUT2D eigenvalue weighted by atomic mass is 16.2. The highest BCUT2D eigenvalue weighted by molar-refractivity contribution is 6.06. The van der Waals surface area contributed by atoms with Gasteiger partial charge in [0.15, 0.2) is 0 Å². The minimum Gasteiger partial charge on any atom is -0.337 e. The lowest BCUT2D eigenvalue weighted by Gasteiger charge is -2.41. The first kappa shape index (κ1) is 19.2. The third kappa shape index (κ3) is 3.09. The van der Waals surface area contributed by atoms with Crippen molar-refractivity contribution in [3.8, 4) is 0 Å². The molecule has 9 nitrogen and oxygen atoms in total. The zero-order valence-corrected chi connectivity index (χ0v) is 16.7. The minimum atomic E-state index is -0.624. The second-order valence-electron chi connectivity index (χ2n) is 8.54. The molecule has 1 spiro atoms. The molecule has 0 bridgehead atoms. The first-order valence-corrected chi connectivity index (χ1v) is 10.5. The van der Waals surface area contributed by atoms with Crippen LogP contribution < -0.4 is 16.0 Å². The smallest absolute Gasteiger partial charge is 0.255 e. The molecule has 0 aromatic heterocycles. The second-order valence-corrected chi connectivity index (χ2v) is 8.54. The van der Waals surface area contributed by atoms with E-state index in [0.717, 1.165) is 37.1 Å². The summed E-state index contributed by atoms with van der Waals surface area (Å²) < 4.78 is 0. The predicted octanol–water partition coefficient (Wildman–Crippen LogP) is -0.541. The second kappa shape index (κ2) is 7.17. The fourth-order valence-corrected chi connectivity index (χ4v) is 5.22. The highest BCUT2D eigenvalue weighted by Crippen LogP contribution is 2.34. The molecule has 30 heavy (non-hydrogen) atoms. The van der Waals surface area contributed by atoms with E-state index in [0.29, 0.717) is 31.6 Å². The van der Waals surface area contributed by atoms with Crippen LogP contribution in [0, 0.1) is 0 Å². The molecular weight excluding hydrogens is 386 g/mol. The Balaban J connectivity index is 1.41. The molecule has 1 unspecified atom stereocenters. The van der Waals surface area contributed by atoms with Crippen LogP contribution in [0.4, 0.5) is 0 Å². The van der Waals surface area contributed by atoms with Crippen molar-refractivity contribution >= 4 is 23.6 Å². The third-order valence-corrected chi connectivity index (χ3v) is 6.74. The van der Waals surface area contributed by atoms with Crippen molar-refractivity contribution in [2.75, 3.05) is 19.6 Å². The van der Waals surface area contributed by atoms with Gasteiger partial charge >= 0.3 is 0 Å². The van der Waals surface area contributed by atoms with Crippen molar-refractivity contribution in [1.82, 2.24) is 25.8 Å². The number of hydrogen-bond donors (Lipinski definition) is 3. The number of imide groups is 1. The Kier molecular flexibility index (Phi) is 4.59. The van der Waals surface area contributed by atoms with Crippen molar-refractivity contribution in [3.63, 3.8) is 0 Å². The summed E-state index contributed by atoms with van der Waals surface area (Å²) in [6.07, 6.45) is 2.23. The lowest BCUT2D eigenvalue weighted by atomic mass is 9.95. The molecule has 0 radical (unpaired) electrons. The van der Waals surface area contributed by atoms with Crippen molar-refractivity contribution in [1.29, 1.82) is 0 Å². The molecule has 5 rings (SSSR count). The molecule has 1 atom stereocenters. The number of benzene rings is 1. The van der Waals surface area contributed by atoms with Gasteiger partial charge in [-0.15, -0.1) is 0 Å². The topological polar surface area (TPSA) is 111 Å². The van der Waals surface area contributed by atoms with Crippen LogP contribution in [0.1, 0.15) is 47.2 Å². The fraction of sp³-hybridized carbons (Fsp3) is 0.524. The SMILES string of the molecule is O=C1CCC(N2Cc3cccc(CN4CC(=O)NC45CCNCC5)c3C2=O)C(=O)N1. The monoisotopic (exact) mass is 411 g/mol. The van der Waals surface area contributed by atoms with Gasteiger partial charge in [0.25, 0.3) is 5.91 Å². The van der Waals surface area contributed by atoms with Crippen molar-refractivity contribution in [2.24, 2.45) is 0 Å². The van der Waals surface area contributed by atoms with E-state index in [1.54, 1.807) is 4.90 Å². The number of carbonyl (C=O) groups excluding carboxylic acids is 4. The molecule has 1 aromatic carbocycles. The summed E-state index contributed by atoms with van der Waals surface area (Å²) in [4.78, 5) is 53.0. The van der Waals surface area contributed by atoms with Crippen molar-refractivity contribution < 1.29 is 19.2 Å². The van der Waals surface area contributed by atoms with Crippen LogP contribution in [-0.2, 0) is 27.5 Å². The number of hydrogen-bond acceptors (Lipinski definition) is 6. The summed E-state index contributed by atoms with van der Waals surface area (Å²) >= 11 is 0. The average Bonchev–Trinajstić information content (AvgIpc) is 3.20. The highest BCUT2D eigenvalue weighted by Gasteiger charge is 2.46. The lowest BCUT2D eigenvalue weighted by Crippen LogP contribution is -2.57. The molecular formula is C21H25N5O4. The summed E-state index contributed by atoms with van der Waals surface area (Å²) in [6, 6.07) is 5.15. The molecule has 4 aliphatic rings. The van der Waals surface area contributed by atoms with Gasteiger partial charge in [0.2, 0.25) is 17.7 Å². The van der Waals surface area contributed by atoms with Gasteiger partial charge in [-0.25, -0.2) is 0 Å². The summed E-state index contributed by atoms with van der Waals surface area (Å²) in [5.74, 6) is -0.856. The fourth-order valence-electron chi connectivity index (χ4n) is 5.22. The molecule has 158 valence electrons. The summed E-state index contributed by atoms with van der Waals surface area (Å²) in [5, 5.41) is 8.83. The van der Waals surface area contributed by atoms with E-state index in [9.17, 15) is 19.2 Å². The van der Waals surface area contributed by atoms with Gasteiger partial charge in [0.1, 0.15) is 6.04 Å². The molecule has 3 saturated heterocycles. The average molecular weight is 411 g/mol. The standard InChI is InChI=1S/C21H25N5O4/c27-16-5-4-15(19(29)23-16)26-11-14-3-1-2-13(18(14)20(26)30)10-25-12-17(28)24-21(25)6-8-22-9-7-21/h1-3,15,22H,4-12H2,(H,24,28)(H,23,27,29). The number of piperidine rings is 2. The van der Waals surface area contributed by atoms with E-state index in [2.05, 4.69) is 20.9 Å². The summed E-state index contributed by atoms with van der Waals surface area (Å²) in [6.45, 7) is 2.85. The first-order valence-electron chi connectivity index (χ1n) is 10.5. The van der Waals surface area contributed by atoms with Crippen LogP contribution in [0.25, 0.3) is 0 Å². The Labute approximate surface area is 174 Å². The van der Waals surface area contributed by atoms with Crippen LogP contribution in [0.3, 0.4) is 0 Å². The minimum absolute atomic E-state index is 0.0148. The van der Waals surface area contributed by atoms with E-state index in [1.165, 1.54) is 0 Å². The molecule has 9 heteroatoms. The molecule has 4 amide bonds. The van der Waals surface area contributed by atoms with Gasteiger partial charge in [0.05, 0.1) is 12.2 Å². The zero-order chi connectivity index (χ0) is 20.9. The van der Waals surface area contributed by atoms with Gasteiger partial charge in [-0.1, -0.05) is 18.2 Å². The Morgan fingerprint density at radius 2 is 1.83 bits per heavy atom. The van der Waals surface area contributed by atoms with Crippen molar-refractivity contribution in [3.05, 3.63) is 34.9 Å². The van der Waals surface area contributed by atoms with E-state index in [1.807, 2.05) is 18.2 Å². The van der Waals surface area contributed by atoms with E-state index < -0.39 is 11.9 Å². The van der Waals surface area contributed by atoms with Crippen LogP contribution in [0.2, 0.25) is 0 Å².